The van der Waals surface area contributed by atoms with Gasteiger partial charge in [0.1, 0.15) is 18.0 Å². The Morgan fingerprint density at radius 2 is 2.20 bits per heavy atom. The van der Waals surface area contributed by atoms with Gasteiger partial charge in [-0.2, -0.15) is 0 Å². The minimum absolute atomic E-state index is 0.147. The van der Waals surface area contributed by atoms with Crippen molar-refractivity contribution in [1.82, 2.24) is 9.97 Å². The van der Waals surface area contributed by atoms with Crippen LogP contribution in [0.1, 0.15) is 39.7 Å². The number of nitrogens with one attached hydrogen (secondary N) is 1. The summed E-state index contributed by atoms with van der Waals surface area (Å²) in [7, 11) is 1.91. The smallest absolute Gasteiger partial charge is 0.137 e. The fourth-order valence-corrected chi connectivity index (χ4v) is 2.99. The first-order chi connectivity index (χ1) is 9.46. The van der Waals surface area contributed by atoms with Crippen LogP contribution in [0.5, 0.6) is 0 Å². The van der Waals surface area contributed by atoms with Crippen molar-refractivity contribution in [3.8, 4) is 0 Å². The van der Waals surface area contributed by atoms with E-state index in [4.69, 9.17) is 4.74 Å². The highest BCUT2D eigenvalue weighted by Gasteiger charge is 2.33. The van der Waals surface area contributed by atoms with Gasteiger partial charge in [0.05, 0.1) is 11.7 Å². The third kappa shape index (κ3) is 3.20. The summed E-state index contributed by atoms with van der Waals surface area (Å²) in [5, 5.41) is 3.18. The van der Waals surface area contributed by atoms with Crippen LogP contribution in [-0.4, -0.2) is 41.8 Å². The van der Waals surface area contributed by atoms with Gasteiger partial charge in [-0.3, -0.25) is 0 Å². The fraction of sp³-hybridized carbons (Fsp3) is 0.733. The van der Waals surface area contributed by atoms with Gasteiger partial charge in [0.15, 0.2) is 0 Å². The topological polar surface area (TPSA) is 50.3 Å². The van der Waals surface area contributed by atoms with Gasteiger partial charge in [-0.05, 0) is 27.2 Å². The highest BCUT2D eigenvalue weighted by molar-refractivity contribution is 5.59. The van der Waals surface area contributed by atoms with E-state index in [0.717, 1.165) is 37.6 Å². The summed E-state index contributed by atoms with van der Waals surface area (Å²) in [6, 6.07) is 0. The molecule has 2 heterocycles. The SMILES string of the molecule is CCCc1c(NC)ncnc1N1CC(C)OC(C)(C)C1. The zero-order valence-electron chi connectivity index (χ0n) is 13.2. The maximum Gasteiger partial charge on any atom is 0.137 e. The number of nitrogens with zero attached hydrogens (tertiary/aromatic N) is 3. The number of ether oxygens (including phenoxy) is 1. The largest absolute Gasteiger partial charge is 0.373 e. The highest BCUT2D eigenvalue weighted by Crippen LogP contribution is 2.30. The van der Waals surface area contributed by atoms with Gasteiger partial charge in [-0.15, -0.1) is 0 Å². The summed E-state index contributed by atoms with van der Waals surface area (Å²) in [6.07, 6.45) is 3.92. The van der Waals surface area contributed by atoms with Crippen LogP contribution in [0.25, 0.3) is 0 Å². The zero-order valence-corrected chi connectivity index (χ0v) is 13.2. The van der Waals surface area contributed by atoms with Gasteiger partial charge in [0.2, 0.25) is 0 Å². The van der Waals surface area contributed by atoms with Crippen LogP contribution in [0.2, 0.25) is 0 Å². The van der Waals surface area contributed by atoms with Crippen molar-refractivity contribution < 1.29 is 4.74 Å². The molecule has 112 valence electrons. The van der Waals surface area contributed by atoms with Crippen molar-refractivity contribution in [1.29, 1.82) is 0 Å². The van der Waals surface area contributed by atoms with E-state index in [2.05, 4.69) is 47.9 Å². The lowest BCUT2D eigenvalue weighted by Crippen LogP contribution is -2.52. The van der Waals surface area contributed by atoms with E-state index in [1.54, 1.807) is 6.33 Å². The lowest BCUT2D eigenvalue weighted by atomic mass is 10.0. The molecule has 5 nitrogen and oxygen atoms in total. The normalized spacial score (nSPS) is 21.9. The molecule has 1 aliphatic heterocycles. The van der Waals surface area contributed by atoms with Crippen molar-refractivity contribution in [2.75, 3.05) is 30.4 Å². The van der Waals surface area contributed by atoms with Gasteiger partial charge in [-0.25, -0.2) is 9.97 Å². The molecule has 0 radical (unpaired) electrons. The maximum atomic E-state index is 5.98. The minimum Gasteiger partial charge on any atom is -0.373 e. The number of rotatable bonds is 4. The summed E-state index contributed by atoms with van der Waals surface area (Å²) in [5.41, 5.74) is 1.06. The molecule has 0 aliphatic carbocycles. The Bertz CT molecular complexity index is 461. The van der Waals surface area contributed by atoms with E-state index in [1.165, 1.54) is 5.56 Å². The number of hydrogen-bond acceptors (Lipinski definition) is 5. The van der Waals surface area contributed by atoms with Crippen molar-refractivity contribution >= 4 is 11.6 Å². The second kappa shape index (κ2) is 5.95. The predicted molar refractivity (Wildman–Crippen MR) is 82.4 cm³/mol. The quantitative estimate of drug-likeness (QED) is 0.917. The van der Waals surface area contributed by atoms with Gasteiger partial charge in [-0.1, -0.05) is 13.3 Å². The molecule has 0 saturated carbocycles. The lowest BCUT2D eigenvalue weighted by Gasteiger charge is -2.42. The predicted octanol–water partition coefficient (Wildman–Crippen LogP) is 2.47. The van der Waals surface area contributed by atoms with Crippen LogP contribution in [0.4, 0.5) is 11.6 Å². The number of hydrogen-bond donors (Lipinski definition) is 1. The van der Waals surface area contributed by atoms with E-state index >= 15 is 0 Å². The summed E-state index contributed by atoms with van der Waals surface area (Å²) < 4.78 is 5.98. The van der Waals surface area contributed by atoms with Crippen LogP contribution < -0.4 is 10.2 Å². The molecule has 1 N–H and O–H groups in total. The zero-order chi connectivity index (χ0) is 14.8. The van der Waals surface area contributed by atoms with Crippen LogP contribution in [0.3, 0.4) is 0 Å². The lowest BCUT2D eigenvalue weighted by molar-refractivity contribution is -0.0752. The molecular formula is C15H26N4O. The van der Waals surface area contributed by atoms with Crippen molar-refractivity contribution in [3.05, 3.63) is 11.9 Å². The minimum atomic E-state index is -0.147. The Kier molecular flexibility index (Phi) is 4.48. The van der Waals surface area contributed by atoms with E-state index in [0.29, 0.717) is 0 Å². The molecule has 1 atom stereocenters. The standard InChI is InChI=1S/C15H26N4O/c1-6-7-12-13(16-5)17-10-18-14(12)19-8-11(2)20-15(3,4)9-19/h10-11H,6-9H2,1-5H3,(H,16,17,18). The van der Waals surface area contributed by atoms with Crippen molar-refractivity contribution in [2.45, 2.75) is 52.2 Å². The Morgan fingerprint density at radius 1 is 1.45 bits per heavy atom. The Labute approximate surface area is 121 Å². The van der Waals surface area contributed by atoms with Crippen LogP contribution in [0.15, 0.2) is 6.33 Å². The molecule has 0 amide bonds. The van der Waals surface area contributed by atoms with Gasteiger partial charge < -0.3 is 15.0 Å². The molecule has 1 aromatic rings. The molecule has 1 saturated heterocycles. The molecule has 20 heavy (non-hydrogen) atoms. The molecule has 1 aliphatic rings. The summed E-state index contributed by atoms with van der Waals surface area (Å²) in [6.45, 7) is 10.3. The second-order valence-corrected chi connectivity index (χ2v) is 6.09. The van der Waals surface area contributed by atoms with Crippen LogP contribution >= 0.6 is 0 Å². The fourth-order valence-electron chi connectivity index (χ4n) is 2.99. The van der Waals surface area contributed by atoms with E-state index < -0.39 is 0 Å². The summed E-state index contributed by atoms with van der Waals surface area (Å²) in [4.78, 5) is 11.2. The molecule has 1 aromatic heterocycles. The molecule has 0 aromatic carbocycles. The number of aromatic nitrogens is 2. The monoisotopic (exact) mass is 278 g/mol. The average Bonchev–Trinajstić information content (AvgIpc) is 2.37. The average molecular weight is 278 g/mol. The van der Waals surface area contributed by atoms with E-state index in [1.807, 2.05) is 7.05 Å². The molecule has 1 unspecified atom stereocenters. The van der Waals surface area contributed by atoms with E-state index in [9.17, 15) is 0 Å². The van der Waals surface area contributed by atoms with Gasteiger partial charge >= 0.3 is 0 Å². The molecule has 1 fully saturated rings. The van der Waals surface area contributed by atoms with Gasteiger partial charge in [0.25, 0.3) is 0 Å². The van der Waals surface area contributed by atoms with Crippen LogP contribution in [0, 0.1) is 0 Å². The van der Waals surface area contributed by atoms with Crippen LogP contribution in [-0.2, 0) is 11.2 Å². The third-order valence-corrected chi connectivity index (χ3v) is 3.53. The van der Waals surface area contributed by atoms with Crippen molar-refractivity contribution in [2.24, 2.45) is 0 Å². The first kappa shape index (κ1) is 15.0. The number of anilines is 2. The first-order valence-electron chi connectivity index (χ1n) is 7.41. The second-order valence-electron chi connectivity index (χ2n) is 6.09. The molecule has 5 heteroatoms. The Hall–Kier alpha value is -1.36. The van der Waals surface area contributed by atoms with E-state index in [-0.39, 0.29) is 11.7 Å². The molecule has 0 bridgehead atoms. The Balaban J connectivity index is 2.36. The van der Waals surface area contributed by atoms with Gasteiger partial charge in [0, 0.05) is 25.7 Å². The van der Waals surface area contributed by atoms with Crippen molar-refractivity contribution in [3.63, 3.8) is 0 Å². The molecular weight excluding hydrogens is 252 g/mol. The Morgan fingerprint density at radius 3 is 2.80 bits per heavy atom. The number of morpholine rings is 1. The molecule has 0 spiro atoms. The maximum absolute atomic E-state index is 5.98. The highest BCUT2D eigenvalue weighted by atomic mass is 16.5. The molecule has 2 rings (SSSR count). The summed E-state index contributed by atoms with van der Waals surface area (Å²) >= 11 is 0. The first-order valence-corrected chi connectivity index (χ1v) is 7.41. The third-order valence-electron chi connectivity index (χ3n) is 3.53. The summed E-state index contributed by atoms with van der Waals surface area (Å²) in [5.74, 6) is 1.99.